The molecule has 0 atom stereocenters. The predicted octanol–water partition coefficient (Wildman–Crippen LogP) is 1.62. The number of hydrogen-bond acceptors (Lipinski definition) is 6. The first kappa shape index (κ1) is 11.4. The summed E-state index contributed by atoms with van der Waals surface area (Å²) in [4.78, 5) is 6.42. The van der Waals surface area contributed by atoms with Crippen LogP contribution < -0.4 is 10.6 Å². The summed E-state index contributed by atoms with van der Waals surface area (Å²) >= 11 is 1.45. The van der Waals surface area contributed by atoms with Gasteiger partial charge in [-0.25, -0.2) is 0 Å². The van der Waals surface area contributed by atoms with Gasteiger partial charge >= 0.3 is 0 Å². The summed E-state index contributed by atoms with van der Waals surface area (Å²) in [6.07, 6.45) is 3.58. The van der Waals surface area contributed by atoms with E-state index in [2.05, 4.69) is 14.3 Å². The average molecular weight is 262 g/mol. The topological polar surface area (TPSA) is 64.3 Å². The number of rotatable bonds is 2. The Hall–Kier alpha value is -1.66. The maximum atomic E-state index is 5.99. The van der Waals surface area contributed by atoms with Gasteiger partial charge in [0.25, 0.3) is 0 Å². The summed E-state index contributed by atoms with van der Waals surface area (Å²) in [6, 6.07) is 3.92. The molecule has 0 radical (unpaired) electrons. The van der Waals surface area contributed by atoms with Crippen LogP contribution in [-0.2, 0) is 4.74 Å². The van der Waals surface area contributed by atoms with Gasteiger partial charge in [-0.2, -0.15) is 4.37 Å². The Morgan fingerprint density at radius 2 is 2.17 bits per heavy atom. The smallest absolute Gasteiger partial charge is 0.147 e. The molecule has 1 fully saturated rings. The van der Waals surface area contributed by atoms with Gasteiger partial charge in [-0.15, -0.1) is 0 Å². The van der Waals surface area contributed by atoms with Gasteiger partial charge in [0, 0.05) is 31.0 Å². The molecule has 3 rings (SSSR count). The Morgan fingerprint density at radius 3 is 2.89 bits per heavy atom. The van der Waals surface area contributed by atoms with Crippen LogP contribution in [0.5, 0.6) is 0 Å². The number of hydrogen-bond donors (Lipinski definition) is 1. The molecule has 0 spiro atoms. The molecule has 5 nitrogen and oxygen atoms in total. The fourth-order valence-corrected chi connectivity index (χ4v) is 2.95. The van der Waals surface area contributed by atoms with Gasteiger partial charge in [-0.05, 0) is 17.6 Å². The predicted molar refractivity (Wildman–Crippen MR) is 72.8 cm³/mol. The summed E-state index contributed by atoms with van der Waals surface area (Å²) in [5.74, 6) is 0.578. The number of nitrogen functional groups attached to an aromatic ring is 1. The summed E-state index contributed by atoms with van der Waals surface area (Å²) in [6.45, 7) is 3.28. The molecule has 0 unspecified atom stereocenters. The van der Waals surface area contributed by atoms with Crippen molar-refractivity contribution in [3.63, 3.8) is 0 Å². The monoisotopic (exact) mass is 262 g/mol. The maximum Gasteiger partial charge on any atom is 0.147 e. The number of nitrogens with two attached hydrogens (primary N) is 1. The van der Waals surface area contributed by atoms with E-state index in [1.807, 2.05) is 18.3 Å². The minimum absolute atomic E-state index is 0.578. The highest BCUT2D eigenvalue weighted by atomic mass is 32.1. The van der Waals surface area contributed by atoms with E-state index in [4.69, 9.17) is 10.5 Å². The first-order valence-electron chi connectivity index (χ1n) is 5.84. The standard InChI is InChI=1S/C12H14N4OS/c13-11-10(9-2-1-3-14-8-9)12(18-15-11)16-4-6-17-7-5-16/h1-3,8H,4-7H2,(H2,13,15). The first-order chi connectivity index (χ1) is 8.86. The van der Waals surface area contributed by atoms with Crippen LogP contribution >= 0.6 is 11.5 Å². The van der Waals surface area contributed by atoms with E-state index in [-0.39, 0.29) is 0 Å². The van der Waals surface area contributed by atoms with Crippen molar-refractivity contribution in [3.05, 3.63) is 24.5 Å². The van der Waals surface area contributed by atoms with Crippen molar-refractivity contribution >= 4 is 22.4 Å². The molecule has 0 aromatic carbocycles. The summed E-state index contributed by atoms with van der Waals surface area (Å²) in [5, 5.41) is 1.11. The third kappa shape index (κ3) is 2.04. The molecule has 2 N–H and O–H groups in total. The van der Waals surface area contributed by atoms with E-state index >= 15 is 0 Å². The van der Waals surface area contributed by atoms with Gasteiger partial charge in [0.15, 0.2) is 0 Å². The fourth-order valence-electron chi connectivity index (χ4n) is 2.06. The molecule has 3 heterocycles. The van der Waals surface area contributed by atoms with E-state index in [0.29, 0.717) is 5.82 Å². The van der Waals surface area contributed by atoms with Crippen molar-refractivity contribution < 1.29 is 4.74 Å². The maximum absolute atomic E-state index is 5.99. The van der Waals surface area contributed by atoms with Crippen LogP contribution in [0.3, 0.4) is 0 Å². The Kier molecular flexibility index (Phi) is 3.12. The molecule has 0 saturated carbocycles. The lowest BCUT2D eigenvalue weighted by molar-refractivity contribution is 0.123. The molecule has 6 heteroatoms. The zero-order chi connectivity index (χ0) is 12.4. The summed E-state index contributed by atoms with van der Waals surface area (Å²) < 4.78 is 9.65. The van der Waals surface area contributed by atoms with Crippen molar-refractivity contribution in [2.45, 2.75) is 0 Å². The van der Waals surface area contributed by atoms with Crippen LogP contribution in [0.1, 0.15) is 0 Å². The van der Waals surface area contributed by atoms with Crippen LogP contribution in [0.4, 0.5) is 10.8 Å². The van der Waals surface area contributed by atoms with Crippen molar-refractivity contribution in [3.8, 4) is 11.1 Å². The van der Waals surface area contributed by atoms with E-state index in [0.717, 1.165) is 42.4 Å². The second-order valence-electron chi connectivity index (χ2n) is 4.09. The second-order valence-corrected chi connectivity index (χ2v) is 4.84. The Morgan fingerprint density at radius 1 is 1.33 bits per heavy atom. The molecule has 1 aliphatic rings. The molecule has 2 aromatic heterocycles. The number of pyridine rings is 1. The van der Waals surface area contributed by atoms with Gasteiger partial charge in [0.05, 0.1) is 18.8 Å². The molecular formula is C12H14N4OS. The van der Waals surface area contributed by atoms with Gasteiger partial charge in [-0.3, -0.25) is 4.98 Å². The lowest BCUT2D eigenvalue weighted by Crippen LogP contribution is -2.35. The molecule has 2 aromatic rings. The molecule has 0 amide bonds. The molecule has 1 saturated heterocycles. The molecule has 18 heavy (non-hydrogen) atoms. The van der Waals surface area contributed by atoms with Gasteiger partial charge < -0.3 is 15.4 Å². The Balaban J connectivity index is 2.01. The summed E-state index contributed by atoms with van der Waals surface area (Å²) in [7, 11) is 0. The van der Waals surface area contributed by atoms with E-state index in [1.54, 1.807) is 6.20 Å². The third-order valence-electron chi connectivity index (χ3n) is 2.95. The lowest BCUT2D eigenvalue weighted by atomic mass is 10.1. The van der Waals surface area contributed by atoms with E-state index < -0.39 is 0 Å². The van der Waals surface area contributed by atoms with Gasteiger partial charge in [0.1, 0.15) is 10.8 Å². The lowest BCUT2D eigenvalue weighted by Gasteiger charge is -2.28. The molecule has 94 valence electrons. The molecular weight excluding hydrogens is 248 g/mol. The highest BCUT2D eigenvalue weighted by molar-refractivity contribution is 7.11. The largest absolute Gasteiger partial charge is 0.382 e. The van der Waals surface area contributed by atoms with Crippen molar-refractivity contribution in [2.75, 3.05) is 36.9 Å². The number of morpholine rings is 1. The normalized spacial score (nSPS) is 15.9. The number of anilines is 2. The van der Waals surface area contributed by atoms with Gasteiger partial charge in [0.2, 0.25) is 0 Å². The van der Waals surface area contributed by atoms with Crippen LogP contribution in [0.2, 0.25) is 0 Å². The van der Waals surface area contributed by atoms with Crippen LogP contribution in [0.15, 0.2) is 24.5 Å². The zero-order valence-corrected chi connectivity index (χ0v) is 10.7. The van der Waals surface area contributed by atoms with Crippen LogP contribution in [0.25, 0.3) is 11.1 Å². The SMILES string of the molecule is Nc1nsc(N2CCOCC2)c1-c1cccnc1. The molecule has 0 bridgehead atoms. The highest BCUT2D eigenvalue weighted by Gasteiger charge is 2.21. The number of nitrogens with zero attached hydrogens (tertiary/aromatic N) is 3. The Labute approximate surface area is 109 Å². The average Bonchev–Trinajstić information content (AvgIpc) is 2.83. The number of ether oxygens (including phenoxy) is 1. The van der Waals surface area contributed by atoms with Crippen molar-refractivity contribution in [1.82, 2.24) is 9.36 Å². The zero-order valence-electron chi connectivity index (χ0n) is 9.87. The second kappa shape index (κ2) is 4.91. The van der Waals surface area contributed by atoms with Crippen LogP contribution in [0, 0.1) is 0 Å². The summed E-state index contributed by atoms with van der Waals surface area (Å²) in [5.41, 5.74) is 8.01. The molecule has 1 aliphatic heterocycles. The van der Waals surface area contributed by atoms with E-state index in [1.165, 1.54) is 11.5 Å². The highest BCUT2D eigenvalue weighted by Crippen LogP contribution is 2.39. The van der Waals surface area contributed by atoms with Crippen molar-refractivity contribution in [1.29, 1.82) is 0 Å². The quantitative estimate of drug-likeness (QED) is 0.891. The minimum Gasteiger partial charge on any atom is -0.382 e. The van der Waals surface area contributed by atoms with Gasteiger partial charge in [-0.1, -0.05) is 6.07 Å². The molecule has 0 aliphatic carbocycles. The number of aromatic nitrogens is 2. The third-order valence-corrected chi connectivity index (χ3v) is 3.87. The first-order valence-corrected chi connectivity index (χ1v) is 6.62. The Bertz CT molecular complexity index is 522. The van der Waals surface area contributed by atoms with E-state index in [9.17, 15) is 0 Å². The van der Waals surface area contributed by atoms with Crippen molar-refractivity contribution in [2.24, 2.45) is 0 Å². The fraction of sp³-hybridized carbons (Fsp3) is 0.333. The van der Waals surface area contributed by atoms with Crippen LogP contribution in [-0.4, -0.2) is 35.7 Å². The minimum atomic E-state index is 0.578.